The molecule has 1 aliphatic rings. The summed E-state index contributed by atoms with van der Waals surface area (Å²) in [4.78, 5) is 19.2. The van der Waals surface area contributed by atoms with Crippen molar-refractivity contribution in [2.45, 2.75) is 26.1 Å². The molecule has 0 saturated heterocycles. The van der Waals surface area contributed by atoms with Gasteiger partial charge in [0.25, 0.3) is 5.56 Å². The van der Waals surface area contributed by atoms with Gasteiger partial charge in [-0.1, -0.05) is 11.6 Å². The Kier molecular flexibility index (Phi) is 3.47. The molecule has 1 unspecified atom stereocenters. The minimum absolute atomic E-state index is 0.0967. The van der Waals surface area contributed by atoms with E-state index < -0.39 is 0 Å². The minimum Gasteiger partial charge on any atom is -0.349 e. The number of aromatic nitrogens is 3. The van der Waals surface area contributed by atoms with E-state index in [2.05, 4.69) is 39.7 Å². The van der Waals surface area contributed by atoms with Crippen molar-refractivity contribution in [1.29, 1.82) is 0 Å². The van der Waals surface area contributed by atoms with Gasteiger partial charge >= 0.3 is 0 Å². The summed E-state index contributed by atoms with van der Waals surface area (Å²) in [5, 5.41) is 0.527. The molecule has 0 amide bonds. The van der Waals surface area contributed by atoms with Gasteiger partial charge in [0.2, 0.25) is 0 Å². The van der Waals surface area contributed by atoms with Crippen LogP contribution in [0.5, 0.6) is 0 Å². The standard InChI is InChI=1S/C17H17ClN4O/c1-12-15-3-2-6-20(15)7-8-21(12)11-14-9-17(23)22-10-13(18)4-5-16(22)19-14/h2-6,9-10,12H,7-8,11H2,1H3. The highest BCUT2D eigenvalue weighted by Gasteiger charge is 2.23. The number of halogens is 1. The highest BCUT2D eigenvalue weighted by molar-refractivity contribution is 6.30. The predicted octanol–water partition coefficient (Wildman–Crippen LogP) is 2.73. The Bertz CT molecular complexity index is 930. The van der Waals surface area contributed by atoms with Gasteiger partial charge in [0.05, 0.1) is 10.7 Å². The van der Waals surface area contributed by atoms with Gasteiger partial charge in [-0.25, -0.2) is 4.98 Å². The van der Waals surface area contributed by atoms with Crippen LogP contribution in [-0.2, 0) is 13.1 Å². The summed E-state index contributed by atoms with van der Waals surface area (Å²) >= 11 is 5.94. The van der Waals surface area contributed by atoms with Crippen LogP contribution in [0.3, 0.4) is 0 Å². The van der Waals surface area contributed by atoms with Crippen LogP contribution in [0, 0.1) is 0 Å². The van der Waals surface area contributed by atoms with Crippen LogP contribution < -0.4 is 5.56 Å². The third-order valence-electron chi connectivity index (χ3n) is 4.51. The van der Waals surface area contributed by atoms with E-state index >= 15 is 0 Å². The lowest BCUT2D eigenvalue weighted by Gasteiger charge is -2.34. The molecule has 3 aromatic heterocycles. The van der Waals surface area contributed by atoms with Crippen molar-refractivity contribution >= 4 is 17.2 Å². The monoisotopic (exact) mass is 328 g/mol. The van der Waals surface area contributed by atoms with Gasteiger partial charge in [0, 0.05) is 49.8 Å². The van der Waals surface area contributed by atoms with Gasteiger partial charge in [0.1, 0.15) is 5.65 Å². The van der Waals surface area contributed by atoms with Crippen LogP contribution in [0.1, 0.15) is 24.4 Å². The van der Waals surface area contributed by atoms with Gasteiger partial charge < -0.3 is 4.57 Å². The first-order valence-electron chi connectivity index (χ1n) is 7.69. The Hall–Kier alpha value is -2.11. The summed E-state index contributed by atoms with van der Waals surface area (Å²) < 4.78 is 3.77. The third-order valence-corrected chi connectivity index (χ3v) is 4.73. The Morgan fingerprint density at radius 3 is 3.04 bits per heavy atom. The van der Waals surface area contributed by atoms with Crippen LogP contribution in [0.2, 0.25) is 5.02 Å². The smallest absolute Gasteiger partial charge is 0.258 e. The predicted molar refractivity (Wildman–Crippen MR) is 89.7 cm³/mol. The Morgan fingerprint density at radius 1 is 1.30 bits per heavy atom. The molecule has 1 atom stereocenters. The number of pyridine rings is 1. The molecule has 0 saturated carbocycles. The van der Waals surface area contributed by atoms with E-state index in [1.54, 1.807) is 24.4 Å². The fourth-order valence-electron chi connectivity index (χ4n) is 3.26. The van der Waals surface area contributed by atoms with Gasteiger partial charge in [-0.2, -0.15) is 0 Å². The molecule has 0 spiro atoms. The van der Waals surface area contributed by atoms with Crippen molar-refractivity contribution in [2.75, 3.05) is 6.54 Å². The van der Waals surface area contributed by atoms with E-state index in [0.29, 0.717) is 23.3 Å². The molecule has 0 aliphatic carbocycles. The highest BCUT2D eigenvalue weighted by atomic mass is 35.5. The zero-order chi connectivity index (χ0) is 16.0. The van der Waals surface area contributed by atoms with Crippen molar-refractivity contribution in [1.82, 2.24) is 18.9 Å². The lowest BCUT2D eigenvalue weighted by Crippen LogP contribution is -2.36. The topological polar surface area (TPSA) is 42.5 Å². The quantitative estimate of drug-likeness (QED) is 0.726. The number of nitrogens with zero attached hydrogens (tertiary/aromatic N) is 4. The van der Waals surface area contributed by atoms with Crippen molar-refractivity contribution in [3.8, 4) is 0 Å². The fourth-order valence-corrected chi connectivity index (χ4v) is 3.42. The maximum atomic E-state index is 12.3. The van der Waals surface area contributed by atoms with E-state index in [4.69, 9.17) is 11.6 Å². The maximum Gasteiger partial charge on any atom is 0.258 e. The molecule has 3 aromatic rings. The maximum absolute atomic E-state index is 12.3. The number of fused-ring (bicyclic) bond motifs is 2. The molecule has 0 N–H and O–H groups in total. The lowest BCUT2D eigenvalue weighted by molar-refractivity contribution is 0.159. The summed E-state index contributed by atoms with van der Waals surface area (Å²) in [5.41, 5.74) is 2.63. The summed E-state index contributed by atoms with van der Waals surface area (Å²) in [7, 11) is 0. The van der Waals surface area contributed by atoms with E-state index in [1.165, 1.54) is 10.1 Å². The molecule has 0 fully saturated rings. The van der Waals surface area contributed by atoms with Gasteiger partial charge in [-0.15, -0.1) is 0 Å². The van der Waals surface area contributed by atoms with Crippen LogP contribution in [0.25, 0.3) is 5.65 Å². The largest absolute Gasteiger partial charge is 0.349 e. The molecule has 6 heteroatoms. The number of hydrogen-bond donors (Lipinski definition) is 0. The summed E-state index contributed by atoms with van der Waals surface area (Å²) in [5.74, 6) is 0. The zero-order valence-electron chi connectivity index (χ0n) is 12.8. The van der Waals surface area contributed by atoms with Gasteiger partial charge in [-0.3, -0.25) is 14.1 Å². The average molecular weight is 329 g/mol. The third kappa shape index (κ3) is 2.56. The second-order valence-corrected chi connectivity index (χ2v) is 6.37. The SMILES string of the molecule is CC1c2cccn2CCN1Cc1cc(=O)n2cc(Cl)ccc2n1. The first-order valence-corrected chi connectivity index (χ1v) is 8.06. The lowest BCUT2D eigenvalue weighted by atomic mass is 10.1. The van der Waals surface area contributed by atoms with Crippen LogP contribution in [-0.4, -0.2) is 25.4 Å². The molecule has 0 aromatic carbocycles. The van der Waals surface area contributed by atoms with Crippen molar-refractivity contribution in [3.05, 3.63) is 69.5 Å². The molecular formula is C17H17ClN4O. The van der Waals surface area contributed by atoms with Crippen molar-refractivity contribution in [2.24, 2.45) is 0 Å². The summed E-state index contributed by atoms with van der Waals surface area (Å²) in [6, 6.07) is 9.68. The first-order chi connectivity index (χ1) is 11.1. The normalized spacial score (nSPS) is 18.3. The number of hydrogen-bond acceptors (Lipinski definition) is 3. The summed E-state index contributed by atoms with van der Waals surface area (Å²) in [6.07, 6.45) is 3.72. The van der Waals surface area contributed by atoms with E-state index in [0.717, 1.165) is 18.8 Å². The summed E-state index contributed by atoms with van der Waals surface area (Å²) in [6.45, 7) is 4.78. The van der Waals surface area contributed by atoms with Crippen molar-refractivity contribution in [3.63, 3.8) is 0 Å². The highest BCUT2D eigenvalue weighted by Crippen LogP contribution is 2.26. The zero-order valence-corrected chi connectivity index (χ0v) is 13.6. The second kappa shape index (κ2) is 5.51. The molecule has 0 bridgehead atoms. The molecule has 0 radical (unpaired) electrons. The van der Waals surface area contributed by atoms with Crippen LogP contribution in [0.15, 0.2) is 47.5 Å². The number of rotatable bonds is 2. The minimum atomic E-state index is -0.0967. The Morgan fingerprint density at radius 2 is 2.17 bits per heavy atom. The molecule has 23 heavy (non-hydrogen) atoms. The molecule has 5 nitrogen and oxygen atoms in total. The molecule has 4 heterocycles. The molecule has 118 valence electrons. The van der Waals surface area contributed by atoms with E-state index in [-0.39, 0.29) is 5.56 Å². The Labute approximate surface area is 138 Å². The van der Waals surface area contributed by atoms with Crippen LogP contribution >= 0.6 is 11.6 Å². The first kappa shape index (κ1) is 14.5. The van der Waals surface area contributed by atoms with E-state index in [9.17, 15) is 4.79 Å². The second-order valence-electron chi connectivity index (χ2n) is 5.93. The Balaban J connectivity index is 1.66. The van der Waals surface area contributed by atoms with Crippen LogP contribution in [0.4, 0.5) is 0 Å². The van der Waals surface area contributed by atoms with E-state index in [1.807, 2.05) is 0 Å². The van der Waals surface area contributed by atoms with Crippen molar-refractivity contribution < 1.29 is 0 Å². The molecule has 1 aliphatic heterocycles. The molecule has 4 rings (SSSR count). The van der Waals surface area contributed by atoms with Gasteiger partial charge in [-0.05, 0) is 31.2 Å². The molecular weight excluding hydrogens is 312 g/mol. The fraction of sp³-hybridized carbons (Fsp3) is 0.294. The van der Waals surface area contributed by atoms with Gasteiger partial charge in [0.15, 0.2) is 0 Å². The average Bonchev–Trinajstić information content (AvgIpc) is 3.00.